The Hall–Kier alpha value is -2.47. The first-order valence-corrected chi connectivity index (χ1v) is 14.0. The molecule has 3 heterocycles. The molecule has 0 radical (unpaired) electrons. The van der Waals surface area contributed by atoms with E-state index in [1.54, 1.807) is 0 Å². The molecule has 4 aromatic rings. The number of aromatic nitrogens is 2. The maximum Gasteiger partial charge on any atom is 0.145 e. The smallest absolute Gasteiger partial charge is 0.145 e. The number of ether oxygens (including phenoxy) is 1. The van der Waals surface area contributed by atoms with E-state index in [2.05, 4.69) is 59.9 Å². The number of anilines is 1. The van der Waals surface area contributed by atoms with Crippen molar-refractivity contribution in [3.63, 3.8) is 0 Å². The highest BCUT2D eigenvalue weighted by Crippen LogP contribution is 2.46. The van der Waals surface area contributed by atoms with Gasteiger partial charge in [-0.05, 0) is 67.5 Å². The molecule has 6 rings (SSSR count). The second-order valence-corrected chi connectivity index (χ2v) is 11.6. The first kappa shape index (κ1) is 24.8. The highest BCUT2D eigenvalue weighted by Gasteiger charge is 2.34. The van der Waals surface area contributed by atoms with Crippen molar-refractivity contribution in [3.05, 3.63) is 69.5 Å². The van der Waals surface area contributed by atoms with Crippen LogP contribution in [0.3, 0.4) is 0 Å². The minimum absolute atomic E-state index is 0.194. The van der Waals surface area contributed by atoms with Gasteiger partial charge in [0.2, 0.25) is 0 Å². The van der Waals surface area contributed by atoms with Crippen LogP contribution >= 0.6 is 23.2 Å². The number of piperidine rings is 1. The normalized spacial score (nSPS) is 16.9. The van der Waals surface area contributed by atoms with Crippen LogP contribution < -0.4 is 4.90 Å². The first-order valence-electron chi connectivity index (χ1n) is 13.3. The predicted molar refractivity (Wildman–Crippen MR) is 151 cm³/mol. The van der Waals surface area contributed by atoms with Crippen LogP contribution in [0.1, 0.15) is 68.3 Å². The Morgan fingerprint density at radius 2 is 1.78 bits per heavy atom. The Labute approximate surface area is 228 Å². The number of nitrogens with zero attached hydrogens (tertiary/aromatic N) is 3. The number of hydrogen-bond acceptors (Lipinski definition) is 4. The van der Waals surface area contributed by atoms with E-state index in [1.165, 1.54) is 22.2 Å². The van der Waals surface area contributed by atoms with Crippen LogP contribution in [-0.2, 0) is 18.4 Å². The lowest BCUT2D eigenvalue weighted by atomic mass is 10.0. The number of halogens is 2. The van der Waals surface area contributed by atoms with E-state index >= 15 is 0 Å². The van der Waals surface area contributed by atoms with Gasteiger partial charge in [0.25, 0.3) is 0 Å². The van der Waals surface area contributed by atoms with Crippen molar-refractivity contribution in [3.8, 4) is 11.3 Å². The summed E-state index contributed by atoms with van der Waals surface area (Å²) >= 11 is 13.0. The van der Waals surface area contributed by atoms with Gasteiger partial charge in [-0.2, -0.15) is 0 Å². The van der Waals surface area contributed by atoms with Gasteiger partial charge in [-0.1, -0.05) is 48.3 Å². The minimum Gasteiger partial charge on any atom is -0.373 e. The van der Waals surface area contributed by atoms with Crippen LogP contribution in [0.2, 0.25) is 10.0 Å². The molecule has 0 unspecified atom stereocenters. The Morgan fingerprint density at radius 3 is 2.46 bits per heavy atom. The van der Waals surface area contributed by atoms with Gasteiger partial charge in [0.05, 0.1) is 22.8 Å². The number of fused-ring (bicyclic) bond motifs is 1. The lowest BCUT2D eigenvalue weighted by Gasteiger charge is -2.33. The number of aryl methyl sites for hydroxylation is 1. The van der Waals surface area contributed by atoms with Crippen molar-refractivity contribution < 1.29 is 9.26 Å². The Balaban J connectivity index is 1.16. The van der Waals surface area contributed by atoms with Crippen molar-refractivity contribution in [2.75, 3.05) is 18.0 Å². The summed E-state index contributed by atoms with van der Waals surface area (Å²) in [6, 6.07) is 12.4. The van der Waals surface area contributed by atoms with Gasteiger partial charge in [0.1, 0.15) is 11.5 Å². The van der Waals surface area contributed by atoms with Crippen LogP contribution in [0.5, 0.6) is 0 Å². The Kier molecular flexibility index (Phi) is 6.72. The average Bonchev–Trinajstić information content (AvgIpc) is 3.57. The molecule has 1 saturated heterocycles. The summed E-state index contributed by atoms with van der Waals surface area (Å²) in [5, 5.41) is 6.91. The van der Waals surface area contributed by atoms with Crippen molar-refractivity contribution in [1.29, 1.82) is 0 Å². The zero-order valence-electron chi connectivity index (χ0n) is 21.6. The van der Waals surface area contributed by atoms with Crippen LogP contribution in [0.4, 0.5) is 5.69 Å². The first-order chi connectivity index (χ1) is 17.9. The molecule has 2 aliphatic rings. The van der Waals surface area contributed by atoms with Gasteiger partial charge >= 0.3 is 0 Å². The molecule has 1 aliphatic carbocycles. The largest absolute Gasteiger partial charge is 0.373 e. The second kappa shape index (κ2) is 10.0. The lowest BCUT2D eigenvalue weighted by molar-refractivity contribution is 0.0246. The summed E-state index contributed by atoms with van der Waals surface area (Å²) in [6.07, 6.45) is 6.68. The molecule has 7 heteroatoms. The fraction of sp³-hybridized carbons (Fsp3) is 0.433. The van der Waals surface area contributed by atoms with E-state index in [0.717, 1.165) is 55.7 Å². The van der Waals surface area contributed by atoms with Gasteiger partial charge in [0.15, 0.2) is 0 Å². The zero-order valence-corrected chi connectivity index (χ0v) is 23.1. The molecule has 194 valence electrons. The molecular formula is C30H33Cl2N3O2. The van der Waals surface area contributed by atoms with Crippen LogP contribution in [0, 0.1) is 0 Å². The van der Waals surface area contributed by atoms with Crippen LogP contribution in [0.25, 0.3) is 22.2 Å². The standard InChI is InChI=1S/C30H33Cl2N3O2/c1-18(2)23-16-34(3)27-10-9-20(15-22(23)27)35-13-11-21(12-14-35)36-17-24-29(33-37-30(24)19-7-8-19)28-25(31)5-4-6-26(28)32/h4-6,9-10,15-16,18-19,21H,7-8,11-14,17H2,1-3H3. The molecule has 1 aliphatic heterocycles. The quantitative estimate of drug-likeness (QED) is 0.237. The summed E-state index contributed by atoms with van der Waals surface area (Å²) in [6.45, 7) is 6.94. The van der Waals surface area contributed by atoms with E-state index in [4.69, 9.17) is 32.5 Å². The fourth-order valence-corrected chi connectivity index (χ4v) is 6.17. The molecule has 37 heavy (non-hydrogen) atoms. The van der Waals surface area contributed by atoms with Gasteiger partial charge < -0.3 is 18.7 Å². The molecular weight excluding hydrogens is 505 g/mol. The van der Waals surface area contributed by atoms with E-state index in [-0.39, 0.29) is 6.10 Å². The molecule has 0 N–H and O–H groups in total. The molecule has 2 aromatic carbocycles. The van der Waals surface area contributed by atoms with E-state index < -0.39 is 0 Å². The maximum absolute atomic E-state index is 6.51. The van der Waals surface area contributed by atoms with Gasteiger partial charge in [0, 0.05) is 60.0 Å². The summed E-state index contributed by atoms with van der Waals surface area (Å²) in [4.78, 5) is 2.49. The van der Waals surface area contributed by atoms with Crippen LogP contribution in [-0.4, -0.2) is 28.9 Å². The maximum atomic E-state index is 6.51. The highest BCUT2D eigenvalue weighted by atomic mass is 35.5. The lowest BCUT2D eigenvalue weighted by Crippen LogP contribution is -2.37. The molecule has 2 fully saturated rings. The molecule has 0 atom stereocenters. The summed E-state index contributed by atoms with van der Waals surface area (Å²) < 4.78 is 14.5. The summed E-state index contributed by atoms with van der Waals surface area (Å²) in [7, 11) is 2.13. The number of benzene rings is 2. The molecule has 1 saturated carbocycles. The van der Waals surface area contributed by atoms with Crippen molar-refractivity contribution in [1.82, 2.24) is 9.72 Å². The third-order valence-corrected chi connectivity index (χ3v) is 8.49. The van der Waals surface area contributed by atoms with Gasteiger partial charge in [-0.25, -0.2) is 0 Å². The molecule has 0 spiro atoms. The number of rotatable bonds is 7. The number of hydrogen-bond donors (Lipinski definition) is 0. The third kappa shape index (κ3) is 4.78. The van der Waals surface area contributed by atoms with Gasteiger partial charge in [-0.3, -0.25) is 0 Å². The third-order valence-electron chi connectivity index (χ3n) is 7.86. The summed E-state index contributed by atoms with van der Waals surface area (Å²) in [5.74, 6) is 1.86. The molecule has 0 bridgehead atoms. The fourth-order valence-electron chi connectivity index (χ4n) is 5.60. The average molecular weight is 539 g/mol. The molecule has 0 amide bonds. The molecule has 5 nitrogen and oxygen atoms in total. The SMILES string of the molecule is CC(C)c1cn(C)c2ccc(N3CCC(OCc4c(-c5c(Cl)cccc5Cl)noc4C4CC4)CC3)cc12. The van der Waals surface area contributed by atoms with Gasteiger partial charge in [-0.15, -0.1) is 0 Å². The van der Waals surface area contributed by atoms with Crippen molar-refractivity contribution in [2.45, 2.75) is 64.1 Å². The summed E-state index contributed by atoms with van der Waals surface area (Å²) in [5.41, 5.74) is 6.44. The van der Waals surface area contributed by atoms with E-state index in [0.29, 0.717) is 34.2 Å². The highest BCUT2D eigenvalue weighted by molar-refractivity contribution is 6.39. The van der Waals surface area contributed by atoms with Crippen molar-refractivity contribution >= 4 is 39.8 Å². The van der Waals surface area contributed by atoms with Crippen LogP contribution in [0.15, 0.2) is 47.1 Å². The zero-order chi connectivity index (χ0) is 25.7. The predicted octanol–water partition coefficient (Wildman–Crippen LogP) is 8.33. The monoisotopic (exact) mass is 537 g/mol. The Morgan fingerprint density at radius 1 is 1.05 bits per heavy atom. The topological polar surface area (TPSA) is 43.4 Å². The van der Waals surface area contributed by atoms with E-state index in [9.17, 15) is 0 Å². The molecule has 2 aromatic heterocycles. The minimum atomic E-state index is 0.194. The Bertz CT molecular complexity index is 1410. The van der Waals surface area contributed by atoms with Crippen molar-refractivity contribution in [2.24, 2.45) is 7.05 Å². The second-order valence-electron chi connectivity index (χ2n) is 10.8. The van der Waals surface area contributed by atoms with E-state index in [1.807, 2.05) is 18.2 Å².